The van der Waals surface area contributed by atoms with Gasteiger partial charge in [-0.2, -0.15) is 0 Å². The zero-order valence-electron chi connectivity index (χ0n) is 19.0. The third kappa shape index (κ3) is 4.38. The predicted molar refractivity (Wildman–Crippen MR) is 129 cm³/mol. The van der Waals surface area contributed by atoms with E-state index in [4.69, 9.17) is 9.47 Å². The van der Waals surface area contributed by atoms with Crippen molar-refractivity contribution in [2.75, 3.05) is 20.2 Å². The number of benzene rings is 2. The van der Waals surface area contributed by atoms with Crippen LogP contribution in [0.2, 0.25) is 0 Å². The van der Waals surface area contributed by atoms with Crippen LogP contribution in [0, 0.1) is 11.8 Å². The van der Waals surface area contributed by atoms with Crippen LogP contribution in [0.25, 0.3) is 10.9 Å². The number of aromatic nitrogens is 1. The fourth-order valence-corrected chi connectivity index (χ4v) is 5.51. The summed E-state index contributed by atoms with van der Waals surface area (Å²) in [5, 5.41) is 0.970. The molecule has 0 amide bonds. The van der Waals surface area contributed by atoms with Crippen LogP contribution < -0.4 is 4.74 Å². The van der Waals surface area contributed by atoms with Crippen LogP contribution in [0.15, 0.2) is 73.4 Å². The molecule has 0 N–H and O–H groups in total. The molecule has 4 heterocycles. The average Bonchev–Trinajstić information content (AvgIpc) is 2.87. The SMILES string of the molecule is C=CC1CN2CCC1CC2[C@H](OC(=O)Cc1ccccc1)c1ccnc2ccc(OC)cc12. The van der Waals surface area contributed by atoms with Gasteiger partial charge in [-0.3, -0.25) is 14.7 Å². The maximum absolute atomic E-state index is 13.1. The van der Waals surface area contributed by atoms with Gasteiger partial charge in [-0.15, -0.1) is 6.58 Å². The largest absolute Gasteiger partial charge is 0.497 e. The van der Waals surface area contributed by atoms with Crippen LogP contribution >= 0.6 is 0 Å². The zero-order chi connectivity index (χ0) is 22.8. The highest BCUT2D eigenvalue weighted by Crippen LogP contribution is 2.43. The van der Waals surface area contributed by atoms with Gasteiger partial charge in [0.25, 0.3) is 0 Å². The normalized spacial score (nSPS) is 24.9. The molecule has 3 aliphatic rings. The molecule has 0 saturated carbocycles. The Morgan fingerprint density at radius 2 is 2.09 bits per heavy atom. The van der Waals surface area contributed by atoms with Crippen molar-refractivity contribution in [2.24, 2.45) is 11.8 Å². The summed E-state index contributed by atoms with van der Waals surface area (Å²) >= 11 is 0. The van der Waals surface area contributed by atoms with E-state index in [1.54, 1.807) is 7.11 Å². The number of carbonyl (C=O) groups is 1. The molecule has 5 nitrogen and oxygen atoms in total. The standard InChI is InChI=1S/C28H30N2O3/c1-3-20-18-30-14-12-21(20)16-26(30)28(33-27(31)15-19-7-5-4-6-8-19)23-11-13-29-25-10-9-22(32-2)17-24(23)25/h3-11,13,17,20-21,26,28H,1,12,14-16,18H2,2H3/t20?,21?,26?,28-/m1/s1. The molecule has 33 heavy (non-hydrogen) atoms. The summed E-state index contributed by atoms with van der Waals surface area (Å²) in [6.45, 7) is 6.05. The molecule has 6 rings (SSSR count). The maximum Gasteiger partial charge on any atom is 0.310 e. The van der Waals surface area contributed by atoms with Crippen molar-refractivity contribution in [1.29, 1.82) is 0 Å². The Morgan fingerprint density at radius 3 is 2.82 bits per heavy atom. The predicted octanol–water partition coefficient (Wildman–Crippen LogP) is 4.97. The van der Waals surface area contributed by atoms with Gasteiger partial charge in [0.15, 0.2) is 0 Å². The number of piperidine rings is 3. The second kappa shape index (κ2) is 9.36. The van der Waals surface area contributed by atoms with Crippen molar-refractivity contribution in [3.8, 4) is 5.75 Å². The molecule has 3 saturated heterocycles. The van der Waals surface area contributed by atoms with Gasteiger partial charge in [-0.25, -0.2) is 0 Å². The lowest BCUT2D eigenvalue weighted by Crippen LogP contribution is -2.55. The van der Waals surface area contributed by atoms with Crippen LogP contribution in [0.3, 0.4) is 0 Å². The summed E-state index contributed by atoms with van der Waals surface area (Å²) < 4.78 is 11.8. The van der Waals surface area contributed by atoms with Crippen LogP contribution in [0.1, 0.15) is 30.1 Å². The quantitative estimate of drug-likeness (QED) is 0.382. The van der Waals surface area contributed by atoms with Gasteiger partial charge < -0.3 is 9.47 Å². The molecule has 0 spiro atoms. The smallest absolute Gasteiger partial charge is 0.310 e. The molecule has 2 bridgehead atoms. The number of hydrogen-bond acceptors (Lipinski definition) is 5. The summed E-state index contributed by atoms with van der Waals surface area (Å²) in [5.41, 5.74) is 2.82. The molecule has 5 atom stereocenters. The Labute approximate surface area is 195 Å². The van der Waals surface area contributed by atoms with E-state index in [9.17, 15) is 4.79 Å². The van der Waals surface area contributed by atoms with Crippen molar-refractivity contribution in [1.82, 2.24) is 9.88 Å². The number of ether oxygens (including phenoxy) is 2. The molecule has 170 valence electrons. The molecule has 5 heteroatoms. The van der Waals surface area contributed by atoms with Crippen molar-refractivity contribution < 1.29 is 14.3 Å². The van der Waals surface area contributed by atoms with E-state index in [1.165, 1.54) is 6.42 Å². The first-order chi connectivity index (χ1) is 16.2. The first kappa shape index (κ1) is 21.7. The fraction of sp³-hybridized carbons (Fsp3) is 0.357. The Kier molecular flexibility index (Phi) is 6.14. The number of pyridine rings is 1. The van der Waals surface area contributed by atoms with Crippen molar-refractivity contribution in [3.63, 3.8) is 0 Å². The summed E-state index contributed by atoms with van der Waals surface area (Å²) in [6.07, 6.45) is 5.96. The number of nitrogens with zero attached hydrogens (tertiary/aromatic N) is 2. The van der Waals surface area contributed by atoms with E-state index >= 15 is 0 Å². The van der Waals surface area contributed by atoms with Crippen LogP contribution in [0.4, 0.5) is 0 Å². The Balaban J connectivity index is 1.51. The average molecular weight is 443 g/mol. The monoisotopic (exact) mass is 442 g/mol. The number of hydrogen-bond donors (Lipinski definition) is 0. The van der Waals surface area contributed by atoms with E-state index in [1.807, 2.05) is 60.8 Å². The molecule has 3 fully saturated rings. The van der Waals surface area contributed by atoms with Crippen LogP contribution in [0.5, 0.6) is 5.75 Å². The first-order valence-corrected chi connectivity index (χ1v) is 11.7. The van der Waals surface area contributed by atoms with E-state index in [0.717, 1.165) is 47.3 Å². The van der Waals surface area contributed by atoms with Crippen molar-refractivity contribution >= 4 is 16.9 Å². The van der Waals surface area contributed by atoms with Crippen LogP contribution in [-0.4, -0.2) is 42.1 Å². The number of rotatable bonds is 7. The molecule has 0 aliphatic carbocycles. The number of carbonyl (C=O) groups excluding carboxylic acids is 1. The van der Waals surface area contributed by atoms with Gasteiger partial charge in [0.1, 0.15) is 11.9 Å². The molecular formula is C28H30N2O3. The van der Waals surface area contributed by atoms with E-state index < -0.39 is 0 Å². The minimum absolute atomic E-state index is 0.136. The highest BCUT2D eigenvalue weighted by molar-refractivity contribution is 5.84. The molecule has 2 aromatic carbocycles. The van der Waals surface area contributed by atoms with Gasteiger partial charge >= 0.3 is 5.97 Å². The topological polar surface area (TPSA) is 51.7 Å². The molecule has 3 aliphatic heterocycles. The number of fused-ring (bicyclic) bond motifs is 4. The summed E-state index contributed by atoms with van der Waals surface area (Å²) in [6, 6.07) is 17.8. The highest BCUT2D eigenvalue weighted by atomic mass is 16.5. The van der Waals surface area contributed by atoms with Crippen molar-refractivity contribution in [2.45, 2.75) is 31.4 Å². The van der Waals surface area contributed by atoms with Gasteiger partial charge in [0, 0.05) is 23.7 Å². The van der Waals surface area contributed by atoms with Gasteiger partial charge in [0.05, 0.1) is 25.1 Å². The lowest BCUT2D eigenvalue weighted by atomic mass is 9.73. The Bertz CT molecular complexity index is 1150. The van der Waals surface area contributed by atoms with Crippen molar-refractivity contribution in [3.05, 3.63) is 84.6 Å². The van der Waals surface area contributed by atoms with E-state index in [2.05, 4.69) is 22.5 Å². The lowest BCUT2D eigenvalue weighted by molar-refractivity contribution is -0.156. The van der Waals surface area contributed by atoms with E-state index in [0.29, 0.717) is 11.8 Å². The van der Waals surface area contributed by atoms with E-state index in [-0.39, 0.29) is 24.5 Å². The molecule has 0 radical (unpaired) electrons. The minimum Gasteiger partial charge on any atom is -0.497 e. The Hall–Kier alpha value is -3.18. The van der Waals surface area contributed by atoms with Gasteiger partial charge in [-0.1, -0.05) is 36.4 Å². The molecule has 1 aromatic heterocycles. The third-order valence-corrected chi connectivity index (χ3v) is 7.24. The van der Waals surface area contributed by atoms with Gasteiger partial charge in [-0.05, 0) is 61.1 Å². The minimum atomic E-state index is -0.368. The molecule has 3 aromatic rings. The van der Waals surface area contributed by atoms with Gasteiger partial charge in [0.2, 0.25) is 0 Å². The lowest BCUT2D eigenvalue weighted by Gasteiger charge is -2.51. The second-order valence-corrected chi connectivity index (χ2v) is 9.10. The fourth-order valence-electron chi connectivity index (χ4n) is 5.51. The first-order valence-electron chi connectivity index (χ1n) is 11.7. The summed E-state index contributed by atoms with van der Waals surface area (Å²) in [4.78, 5) is 20.2. The zero-order valence-corrected chi connectivity index (χ0v) is 19.0. The molecule has 4 unspecified atom stereocenters. The highest BCUT2D eigenvalue weighted by Gasteiger charge is 2.44. The maximum atomic E-state index is 13.1. The summed E-state index contributed by atoms with van der Waals surface area (Å²) in [5.74, 6) is 1.64. The second-order valence-electron chi connectivity index (χ2n) is 9.10. The number of esters is 1. The van der Waals surface area contributed by atoms with Crippen LogP contribution in [-0.2, 0) is 16.0 Å². The number of methoxy groups -OCH3 is 1. The third-order valence-electron chi connectivity index (χ3n) is 7.24. The molecular weight excluding hydrogens is 412 g/mol. The summed E-state index contributed by atoms with van der Waals surface area (Å²) in [7, 11) is 1.66. The Morgan fingerprint density at radius 1 is 1.24 bits per heavy atom.